The van der Waals surface area contributed by atoms with Crippen LogP contribution in [0, 0.1) is 0 Å². The monoisotopic (exact) mass is 246 g/mol. The van der Waals surface area contributed by atoms with Gasteiger partial charge in [0.1, 0.15) is 0 Å². The molecule has 0 unspecified atom stereocenters. The zero-order chi connectivity index (χ0) is 12.5. The molecule has 6 nitrogen and oxygen atoms in total. The van der Waals surface area contributed by atoms with Gasteiger partial charge in [0.05, 0.1) is 17.1 Å². The topological polar surface area (TPSA) is 89.8 Å². The summed E-state index contributed by atoms with van der Waals surface area (Å²) < 4.78 is 0. The number of carbonyl (C=O) groups is 1. The summed E-state index contributed by atoms with van der Waals surface area (Å²) in [5, 5.41) is 5.99. The van der Waals surface area contributed by atoms with Crippen molar-refractivity contribution in [2.75, 3.05) is 11.9 Å². The van der Waals surface area contributed by atoms with Crippen molar-refractivity contribution >= 4 is 22.6 Å². The minimum absolute atomic E-state index is 0.0234. The Hall–Kier alpha value is -2.08. The Morgan fingerprint density at radius 2 is 2.11 bits per heavy atom. The number of benzene rings is 1. The molecular weight excluding hydrogens is 232 g/mol. The largest absolute Gasteiger partial charge is 0.325 e. The molecule has 2 heterocycles. The van der Waals surface area contributed by atoms with Gasteiger partial charge in [-0.2, -0.15) is 0 Å². The summed E-state index contributed by atoms with van der Waals surface area (Å²) >= 11 is 0. The molecule has 1 fully saturated rings. The zero-order valence-electron chi connectivity index (χ0n) is 9.75. The van der Waals surface area contributed by atoms with Gasteiger partial charge in [-0.3, -0.25) is 4.79 Å². The second kappa shape index (κ2) is 4.30. The van der Waals surface area contributed by atoms with Crippen molar-refractivity contribution in [1.82, 2.24) is 15.3 Å². The van der Waals surface area contributed by atoms with Crippen LogP contribution in [0.3, 0.4) is 0 Å². The number of anilines is 1. The fourth-order valence-corrected chi connectivity index (χ4v) is 2.25. The van der Waals surface area contributed by atoms with Crippen LogP contribution in [0.1, 0.15) is 12.8 Å². The van der Waals surface area contributed by atoms with E-state index in [9.17, 15) is 9.59 Å². The number of imidazole rings is 1. The minimum atomic E-state index is -0.245. The van der Waals surface area contributed by atoms with E-state index < -0.39 is 0 Å². The molecule has 1 aromatic carbocycles. The molecule has 0 aliphatic carbocycles. The van der Waals surface area contributed by atoms with E-state index in [1.54, 1.807) is 18.2 Å². The SMILES string of the molecule is O=C(Nc1ccc2[nH]c(=O)[nH]c2c1)[C@H]1CCCN1. The molecular formula is C12H14N4O2. The van der Waals surface area contributed by atoms with Crippen molar-refractivity contribution in [3.63, 3.8) is 0 Å². The highest BCUT2D eigenvalue weighted by molar-refractivity contribution is 5.96. The van der Waals surface area contributed by atoms with E-state index in [1.165, 1.54) is 0 Å². The number of nitrogens with one attached hydrogen (secondary N) is 4. The van der Waals surface area contributed by atoms with Crippen molar-refractivity contribution < 1.29 is 4.79 Å². The Morgan fingerprint density at radius 1 is 1.28 bits per heavy atom. The van der Waals surface area contributed by atoms with Gasteiger partial charge in [0.2, 0.25) is 5.91 Å². The molecule has 94 valence electrons. The number of carbonyl (C=O) groups excluding carboxylic acids is 1. The molecule has 3 rings (SSSR count). The smallest absolute Gasteiger partial charge is 0.323 e. The second-order valence-corrected chi connectivity index (χ2v) is 4.48. The molecule has 1 aliphatic heterocycles. The number of hydrogen-bond acceptors (Lipinski definition) is 3. The van der Waals surface area contributed by atoms with Crippen molar-refractivity contribution in [2.24, 2.45) is 0 Å². The molecule has 2 aromatic rings. The number of hydrogen-bond donors (Lipinski definition) is 4. The van der Waals surface area contributed by atoms with E-state index in [-0.39, 0.29) is 17.6 Å². The van der Waals surface area contributed by atoms with Crippen LogP contribution >= 0.6 is 0 Å². The van der Waals surface area contributed by atoms with Gasteiger partial charge in [0.25, 0.3) is 0 Å². The number of rotatable bonds is 2. The number of aromatic nitrogens is 2. The molecule has 4 N–H and O–H groups in total. The number of amides is 1. The van der Waals surface area contributed by atoms with Crippen LogP contribution in [-0.2, 0) is 4.79 Å². The average molecular weight is 246 g/mol. The van der Waals surface area contributed by atoms with Crippen molar-refractivity contribution in [3.05, 3.63) is 28.7 Å². The van der Waals surface area contributed by atoms with Crippen LogP contribution in [-0.4, -0.2) is 28.5 Å². The fraction of sp³-hybridized carbons (Fsp3) is 0.333. The van der Waals surface area contributed by atoms with Gasteiger partial charge in [-0.25, -0.2) is 4.79 Å². The molecule has 1 atom stereocenters. The summed E-state index contributed by atoms with van der Waals surface area (Å²) in [6.45, 7) is 0.891. The van der Waals surface area contributed by atoms with E-state index in [0.29, 0.717) is 11.2 Å². The lowest BCUT2D eigenvalue weighted by Gasteiger charge is -2.10. The number of fused-ring (bicyclic) bond motifs is 1. The summed E-state index contributed by atoms with van der Waals surface area (Å²) in [5.41, 5.74) is 1.87. The van der Waals surface area contributed by atoms with Crippen LogP contribution in [0.25, 0.3) is 11.0 Å². The van der Waals surface area contributed by atoms with Gasteiger partial charge in [0.15, 0.2) is 0 Å². The van der Waals surface area contributed by atoms with E-state index in [2.05, 4.69) is 20.6 Å². The molecule has 0 bridgehead atoms. The lowest BCUT2D eigenvalue weighted by molar-refractivity contribution is -0.117. The third kappa shape index (κ3) is 2.02. The maximum absolute atomic E-state index is 11.9. The molecule has 1 saturated heterocycles. The first-order chi connectivity index (χ1) is 8.72. The Bertz CT molecular complexity index is 637. The Kier molecular flexibility index (Phi) is 2.64. The Labute approximate surface area is 103 Å². The lowest BCUT2D eigenvalue weighted by Crippen LogP contribution is -2.35. The molecule has 0 saturated carbocycles. The second-order valence-electron chi connectivity index (χ2n) is 4.48. The molecule has 1 aliphatic rings. The molecule has 1 aromatic heterocycles. The van der Waals surface area contributed by atoms with Crippen molar-refractivity contribution in [2.45, 2.75) is 18.9 Å². The van der Waals surface area contributed by atoms with E-state index in [0.717, 1.165) is 24.9 Å². The first-order valence-electron chi connectivity index (χ1n) is 5.99. The minimum Gasteiger partial charge on any atom is -0.325 e. The van der Waals surface area contributed by atoms with Crippen molar-refractivity contribution in [1.29, 1.82) is 0 Å². The van der Waals surface area contributed by atoms with Crippen LogP contribution in [0.2, 0.25) is 0 Å². The predicted octanol–water partition coefficient (Wildman–Crippen LogP) is 0.547. The van der Waals surface area contributed by atoms with Gasteiger partial charge >= 0.3 is 5.69 Å². The van der Waals surface area contributed by atoms with Crippen LogP contribution in [0.4, 0.5) is 5.69 Å². The summed E-state index contributed by atoms with van der Waals surface area (Å²) in [6.07, 6.45) is 1.90. The van der Waals surface area contributed by atoms with Gasteiger partial charge in [-0.1, -0.05) is 0 Å². The fourth-order valence-electron chi connectivity index (χ4n) is 2.25. The highest BCUT2D eigenvalue weighted by Gasteiger charge is 2.21. The Morgan fingerprint density at radius 3 is 2.89 bits per heavy atom. The standard InChI is InChI=1S/C12H14N4O2/c17-11(9-2-1-5-13-9)14-7-3-4-8-10(6-7)16-12(18)15-8/h3-4,6,9,13H,1-2,5H2,(H,14,17)(H2,15,16,18)/t9-/m1/s1. The summed E-state index contributed by atoms with van der Waals surface area (Å²) in [7, 11) is 0. The van der Waals surface area contributed by atoms with Gasteiger partial charge in [-0.05, 0) is 37.6 Å². The zero-order valence-corrected chi connectivity index (χ0v) is 9.75. The highest BCUT2D eigenvalue weighted by atomic mass is 16.2. The van der Waals surface area contributed by atoms with E-state index in [4.69, 9.17) is 0 Å². The third-order valence-corrected chi connectivity index (χ3v) is 3.16. The normalized spacial score (nSPS) is 19.2. The summed E-state index contributed by atoms with van der Waals surface area (Å²) in [5.74, 6) is -0.0234. The van der Waals surface area contributed by atoms with E-state index in [1.807, 2.05) is 0 Å². The van der Waals surface area contributed by atoms with Gasteiger partial charge in [0, 0.05) is 5.69 Å². The van der Waals surface area contributed by atoms with Crippen LogP contribution < -0.4 is 16.3 Å². The van der Waals surface area contributed by atoms with E-state index >= 15 is 0 Å². The molecule has 0 spiro atoms. The molecule has 18 heavy (non-hydrogen) atoms. The van der Waals surface area contributed by atoms with Crippen LogP contribution in [0.15, 0.2) is 23.0 Å². The quantitative estimate of drug-likeness (QED) is 0.623. The Balaban J connectivity index is 1.81. The average Bonchev–Trinajstić information content (AvgIpc) is 2.95. The maximum atomic E-state index is 11.9. The lowest BCUT2D eigenvalue weighted by atomic mass is 10.2. The first-order valence-corrected chi connectivity index (χ1v) is 5.99. The molecule has 0 radical (unpaired) electrons. The van der Waals surface area contributed by atoms with Gasteiger partial charge < -0.3 is 20.6 Å². The predicted molar refractivity (Wildman–Crippen MR) is 68.6 cm³/mol. The molecule has 6 heteroatoms. The van der Waals surface area contributed by atoms with Gasteiger partial charge in [-0.15, -0.1) is 0 Å². The highest BCUT2D eigenvalue weighted by Crippen LogP contribution is 2.15. The van der Waals surface area contributed by atoms with Crippen LogP contribution in [0.5, 0.6) is 0 Å². The summed E-state index contributed by atoms with van der Waals surface area (Å²) in [6, 6.07) is 5.19. The third-order valence-electron chi connectivity index (χ3n) is 3.16. The summed E-state index contributed by atoms with van der Waals surface area (Å²) in [4.78, 5) is 28.3. The number of H-pyrrole nitrogens is 2. The molecule has 1 amide bonds. The maximum Gasteiger partial charge on any atom is 0.323 e. The first kappa shape index (κ1) is 11.0. The van der Waals surface area contributed by atoms with Crippen molar-refractivity contribution in [3.8, 4) is 0 Å². The number of aromatic amines is 2.